The summed E-state index contributed by atoms with van der Waals surface area (Å²) < 4.78 is 22.3. The molecule has 7 nitrogen and oxygen atoms in total. The van der Waals surface area contributed by atoms with E-state index in [2.05, 4.69) is 6.92 Å². The van der Waals surface area contributed by atoms with Gasteiger partial charge in [-0.25, -0.2) is 0 Å². The van der Waals surface area contributed by atoms with Crippen molar-refractivity contribution in [1.29, 1.82) is 0 Å². The maximum atomic E-state index is 13.1. The molecule has 0 amide bonds. The van der Waals surface area contributed by atoms with E-state index in [0.717, 1.165) is 31.8 Å². The number of fused-ring (bicyclic) bond motifs is 1. The molecule has 170 valence electrons. The number of carbonyl (C=O) groups excluding carboxylic acids is 1. The van der Waals surface area contributed by atoms with E-state index < -0.39 is 0 Å². The van der Waals surface area contributed by atoms with Crippen LogP contribution in [0.15, 0.2) is 30.0 Å². The predicted molar refractivity (Wildman–Crippen MR) is 120 cm³/mol. The van der Waals surface area contributed by atoms with E-state index in [0.29, 0.717) is 46.2 Å². The Morgan fingerprint density at radius 1 is 1.06 bits per heavy atom. The lowest BCUT2D eigenvalue weighted by Crippen LogP contribution is -3.11. The lowest BCUT2D eigenvalue weighted by Gasteiger charge is -2.27. The van der Waals surface area contributed by atoms with Crippen LogP contribution in [0.4, 0.5) is 0 Å². The predicted octanol–water partition coefficient (Wildman–Crippen LogP) is 2.85. The van der Waals surface area contributed by atoms with Crippen LogP contribution in [0.1, 0.15) is 41.3 Å². The van der Waals surface area contributed by atoms with Crippen LogP contribution in [0.3, 0.4) is 0 Å². The van der Waals surface area contributed by atoms with Gasteiger partial charge in [0.1, 0.15) is 12.3 Å². The van der Waals surface area contributed by atoms with Crippen molar-refractivity contribution in [2.75, 3.05) is 34.4 Å². The van der Waals surface area contributed by atoms with Crippen LogP contribution in [0.5, 0.6) is 28.7 Å². The van der Waals surface area contributed by atoms with Crippen LogP contribution in [0.25, 0.3) is 6.08 Å². The third-order valence-corrected chi connectivity index (χ3v) is 6.35. The SMILES string of the molecule is COc1ccc(/C=C2\Oc3c(ccc(O)c3C[NH+]3CCC(C)CC3)C2=O)c(OC)c1OC. The average Bonchev–Trinajstić information content (AvgIpc) is 3.12. The first kappa shape index (κ1) is 22.0. The molecule has 0 radical (unpaired) electrons. The van der Waals surface area contributed by atoms with Gasteiger partial charge in [-0.1, -0.05) is 6.92 Å². The number of carbonyl (C=O) groups is 1. The molecule has 2 aromatic rings. The minimum atomic E-state index is -0.222. The van der Waals surface area contributed by atoms with Gasteiger partial charge in [-0.2, -0.15) is 0 Å². The van der Waals surface area contributed by atoms with Gasteiger partial charge in [0.15, 0.2) is 23.0 Å². The molecule has 0 unspecified atom stereocenters. The minimum Gasteiger partial charge on any atom is -0.507 e. The fraction of sp³-hybridized carbons (Fsp3) is 0.400. The number of phenolic OH excluding ortho intramolecular Hbond substituents is 1. The lowest BCUT2D eigenvalue weighted by atomic mass is 9.98. The van der Waals surface area contributed by atoms with Crippen LogP contribution < -0.4 is 23.8 Å². The Morgan fingerprint density at radius 3 is 2.44 bits per heavy atom. The molecule has 2 aliphatic rings. The zero-order valence-electron chi connectivity index (χ0n) is 19.0. The van der Waals surface area contributed by atoms with E-state index >= 15 is 0 Å². The molecule has 0 spiro atoms. The van der Waals surface area contributed by atoms with Gasteiger partial charge in [0.25, 0.3) is 0 Å². The first-order chi connectivity index (χ1) is 15.5. The number of allylic oxidation sites excluding steroid dienone is 1. The molecule has 0 bridgehead atoms. The molecule has 0 aliphatic carbocycles. The first-order valence-corrected chi connectivity index (χ1v) is 10.9. The summed E-state index contributed by atoms with van der Waals surface area (Å²) in [5.41, 5.74) is 1.78. The Hall–Kier alpha value is -3.19. The highest BCUT2D eigenvalue weighted by Gasteiger charge is 2.33. The van der Waals surface area contributed by atoms with Crippen LogP contribution in [-0.2, 0) is 6.54 Å². The number of hydrogen-bond donors (Lipinski definition) is 2. The number of phenols is 1. The van der Waals surface area contributed by atoms with Gasteiger partial charge in [0.05, 0.1) is 45.5 Å². The second-order valence-electron chi connectivity index (χ2n) is 8.41. The summed E-state index contributed by atoms with van der Waals surface area (Å²) in [5, 5.41) is 10.6. The molecule has 2 aliphatic heterocycles. The maximum absolute atomic E-state index is 13.1. The standard InChI is InChI=1S/C25H29NO6/c1-15-9-11-26(12-10-15)14-18-19(27)7-6-17-22(28)21(32-24(17)18)13-16-5-8-20(29-2)25(31-4)23(16)30-3/h5-8,13,15,27H,9-12,14H2,1-4H3/p+1/b21-13-. The summed E-state index contributed by atoms with van der Waals surface area (Å²) in [6, 6.07) is 6.74. The van der Waals surface area contributed by atoms with Crippen LogP contribution >= 0.6 is 0 Å². The highest BCUT2D eigenvalue weighted by atomic mass is 16.5. The van der Waals surface area contributed by atoms with Crippen molar-refractivity contribution in [3.8, 4) is 28.7 Å². The molecule has 2 aromatic carbocycles. The zero-order valence-corrected chi connectivity index (χ0v) is 19.0. The lowest BCUT2D eigenvalue weighted by molar-refractivity contribution is -0.919. The molecule has 1 fully saturated rings. The van der Waals surface area contributed by atoms with Crippen molar-refractivity contribution in [2.24, 2.45) is 5.92 Å². The number of nitrogens with one attached hydrogen (secondary N) is 1. The maximum Gasteiger partial charge on any atom is 0.231 e. The van der Waals surface area contributed by atoms with Gasteiger partial charge in [-0.15, -0.1) is 0 Å². The third-order valence-electron chi connectivity index (χ3n) is 6.35. The van der Waals surface area contributed by atoms with Gasteiger partial charge in [-0.05, 0) is 49.1 Å². The fourth-order valence-electron chi connectivity index (χ4n) is 4.44. The molecular weight excluding hydrogens is 410 g/mol. The van der Waals surface area contributed by atoms with E-state index in [1.807, 2.05) is 0 Å². The quantitative estimate of drug-likeness (QED) is 0.673. The number of ether oxygens (including phenoxy) is 4. The Kier molecular flexibility index (Phi) is 6.28. The van der Waals surface area contributed by atoms with Gasteiger partial charge in [-0.3, -0.25) is 4.79 Å². The second kappa shape index (κ2) is 9.12. The van der Waals surface area contributed by atoms with Crippen LogP contribution in [-0.4, -0.2) is 45.3 Å². The first-order valence-electron chi connectivity index (χ1n) is 10.9. The second-order valence-corrected chi connectivity index (χ2v) is 8.41. The van der Waals surface area contributed by atoms with Crippen molar-refractivity contribution in [3.05, 3.63) is 46.7 Å². The van der Waals surface area contributed by atoms with Gasteiger partial charge >= 0.3 is 0 Å². The van der Waals surface area contributed by atoms with E-state index in [1.165, 1.54) is 19.1 Å². The topological polar surface area (TPSA) is 78.7 Å². The number of benzene rings is 2. The summed E-state index contributed by atoms with van der Waals surface area (Å²) in [4.78, 5) is 14.5. The summed E-state index contributed by atoms with van der Waals surface area (Å²) in [6.45, 7) is 4.99. The zero-order chi connectivity index (χ0) is 22.8. The molecule has 4 rings (SSSR count). The molecule has 7 heteroatoms. The number of aromatic hydroxyl groups is 1. The molecular formula is C25H30NO6+. The molecule has 32 heavy (non-hydrogen) atoms. The number of piperidine rings is 1. The monoisotopic (exact) mass is 440 g/mol. The number of rotatable bonds is 6. The summed E-state index contributed by atoms with van der Waals surface area (Å²) in [5.74, 6) is 2.71. The largest absolute Gasteiger partial charge is 0.507 e. The summed E-state index contributed by atoms with van der Waals surface area (Å²) >= 11 is 0. The highest BCUT2D eigenvalue weighted by Crippen LogP contribution is 2.43. The van der Waals surface area contributed by atoms with Crippen LogP contribution in [0, 0.1) is 5.92 Å². The number of methoxy groups -OCH3 is 3. The Labute approximate surface area is 188 Å². The van der Waals surface area contributed by atoms with E-state index in [4.69, 9.17) is 18.9 Å². The fourth-order valence-corrected chi connectivity index (χ4v) is 4.44. The van der Waals surface area contributed by atoms with Crippen molar-refractivity contribution in [3.63, 3.8) is 0 Å². The van der Waals surface area contributed by atoms with Crippen molar-refractivity contribution < 1.29 is 33.7 Å². The van der Waals surface area contributed by atoms with Gasteiger partial charge in [0, 0.05) is 5.56 Å². The molecule has 0 aromatic heterocycles. The normalized spacial score (nSPS) is 21.2. The van der Waals surface area contributed by atoms with Crippen molar-refractivity contribution in [1.82, 2.24) is 0 Å². The molecule has 0 atom stereocenters. The van der Waals surface area contributed by atoms with Gasteiger partial charge in [0.2, 0.25) is 11.5 Å². The minimum absolute atomic E-state index is 0.160. The Balaban J connectivity index is 1.67. The van der Waals surface area contributed by atoms with Gasteiger partial charge < -0.3 is 29.0 Å². The average molecular weight is 441 g/mol. The van der Waals surface area contributed by atoms with E-state index in [-0.39, 0.29) is 17.3 Å². The summed E-state index contributed by atoms with van der Waals surface area (Å²) in [7, 11) is 4.61. The van der Waals surface area contributed by atoms with Crippen molar-refractivity contribution >= 4 is 11.9 Å². The van der Waals surface area contributed by atoms with Crippen molar-refractivity contribution in [2.45, 2.75) is 26.3 Å². The third kappa shape index (κ3) is 4.00. The number of likely N-dealkylation sites (tertiary alicyclic amines) is 1. The number of Topliss-reactive ketones (excluding diaryl/α,β-unsaturated/α-hetero) is 1. The summed E-state index contributed by atoms with van der Waals surface area (Å²) in [6.07, 6.45) is 3.96. The van der Waals surface area contributed by atoms with Crippen LogP contribution in [0.2, 0.25) is 0 Å². The molecule has 0 saturated carbocycles. The smallest absolute Gasteiger partial charge is 0.231 e. The number of ketones is 1. The molecule has 2 N–H and O–H groups in total. The highest BCUT2D eigenvalue weighted by molar-refractivity contribution is 6.15. The van der Waals surface area contributed by atoms with E-state index in [9.17, 15) is 9.90 Å². The van der Waals surface area contributed by atoms with E-state index in [1.54, 1.807) is 37.5 Å². The number of hydrogen-bond acceptors (Lipinski definition) is 6. The Morgan fingerprint density at radius 2 is 1.78 bits per heavy atom. The molecule has 1 saturated heterocycles. The molecule has 2 heterocycles. The number of quaternary nitrogens is 1. The Bertz CT molecular complexity index is 1050.